The lowest BCUT2D eigenvalue weighted by Crippen LogP contribution is -2.29. The number of fused-ring (bicyclic) bond motifs is 1. The first kappa shape index (κ1) is 15.6. The molecule has 1 aromatic heterocycles. The van der Waals surface area contributed by atoms with E-state index in [1.165, 1.54) is 0 Å². The standard InChI is InChI=1S/C16H18ClNO3/c1-11(2)10-12(6-5-9-17)15(19)18-13-7-3-4-8-14(13)21-16(18)20/h3-4,7-8,12H,1,5-6,9-10H2,2H3/t12-/m0/s1. The van der Waals surface area contributed by atoms with E-state index in [9.17, 15) is 9.59 Å². The van der Waals surface area contributed by atoms with Crippen molar-refractivity contribution in [3.05, 3.63) is 47.0 Å². The molecule has 0 bridgehead atoms. The molecule has 21 heavy (non-hydrogen) atoms. The van der Waals surface area contributed by atoms with E-state index in [1.54, 1.807) is 24.3 Å². The summed E-state index contributed by atoms with van der Waals surface area (Å²) in [6.45, 7) is 5.73. The second-order valence-electron chi connectivity index (χ2n) is 5.20. The molecular formula is C16H18ClNO3. The Balaban J connectivity index is 2.40. The van der Waals surface area contributed by atoms with Crippen LogP contribution in [0.15, 0.2) is 45.6 Å². The number of benzene rings is 1. The Hall–Kier alpha value is -1.81. The van der Waals surface area contributed by atoms with Crippen LogP contribution < -0.4 is 5.76 Å². The highest BCUT2D eigenvalue weighted by atomic mass is 35.5. The summed E-state index contributed by atoms with van der Waals surface area (Å²) >= 11 is 5.72. The number of nitrogens with zero attached hydrogens (tertiary/aromatic N) is 1. The van der Waals surface area contributed by atoms with Crippen molar-refractivity contribution >= 4 is 28.6 Å². The fourth-order valence-corrected chi connectivity index (χ4v) is 2.57. The zero-order valence-electron chi connectivity index (χ0n) is 12.0. The molecule has 2 aromatic rings. The van der Waals surface area contributed by atoms with Crippen LogP contribution >= 0.6 is 11.6 Å². The predicted molar refractivity (Wildman–Crippen MR) is 84.0 cm³/mol. The van der Waals surface area contributed by atoms with Gasteiger partial charge in [-0.3, -0.25) is 4.79 Å². The van der Waals surface area contributed by atoms with Gasteiger partial charge in [-0.2, -0.15) is 0 Å². The van der Waals surface area contributed by atoms with Gasteiger partial charge in [-0.05, 0) is 38.3 Å². The number of aromatic nitrogens is 1. The summed E-state index contributed by atoms with van der Waals surface area (Å²) in [4.78, 5) is 24.7. The van der Waals surface area contributed by atoms with Crippen LogP contribution in [0.3, 0.4) is 0 Å². The minimum atomic E-state index is -0.640. The fraction of sp³-hybridized carbons (Fsp3) is 0.375. The third kappa shape index (κ3) is 3.45. The topological polar surface area (TPSA) is 52.2 Å². The molecule has 4 nitrogen and oxygen atoms in total. The molecule has 0 fully saturated rings. The van der Waals surface area contributed by atoms with E-state index < -0.39 is 5.76 Å². The van der Waals surface area contributed by atoms with Crippen molar-refractivity contribution in [3.8, 4) is 0 Å². The maximum absolute atomic E-state index is 12.7. The number of rotatable bonds is 6. The molecule has 1 heterocycles. The SMILES string of the molecule is C=C(C)C[C@H](CCCCl)C(=O)n1c(=O)oc2ccccc21. The molecule has 0 radical (unpaired) electrons. The van der Waals surface area contributed by atoms with E-state index in [0.29, 0.717) is 29.8 Å². The van der Waals surface area contributed by atoms with E-state index in [2.05, 4.69) is 6.58 Å². The first-order valence-electron chi connectivity index (χ1n) is 6.89. The highest BCUT2D eigenvalue weighted by Gasteiger charge is 2.24. The average molecular weight is 308 g/mol. The highest BCUT2D eigenvalue weighted by molar-refractivity contribution is 6.17. The largest absolute Gasteiger partial charge is 0.426 e. The second-order valence-corrected chi connectivity index (χ2v) is 5.58. The summed E-state index contributed by atoms with van der Waals surface area (Å²) in [6, 6.07) is 6.91. The molecule has 5 heteroatoms. The normalized spacial score (nSPS) is 12.5. The molecule has 0 aliphatic carbocycles. The molecule has 0 aliphatic rings. The number of carbonyl (C=O) groups excluding carboxylic acids is 1. The van der Waals surface area contributed by atoms with Gasteiger partial charge >= 0.3 is 5.76 Å². The summed E-state index contributed by atoms with van der Waals surface area (Å²) in [5.41, 5.74) is 1.83. The Bertz CT molecular complexity index is 714. The van der Waals surface area contributed by atoms with Gasteiger partial charge in [0.25, 0.3) is 0 Å². The molecule has 0 unspecified atom stereocenters. The number of halogens is 1. The smallest absolute Gasteiger partial charge is 0.407 e. The summed E-state index contributed by atoms with van der Waals surface area (Å²) in [7, 11) is 0. The van der Waals surface area contributed by atoms with Gasteiger partial charge in [-0.1, -0.05) is 17.7 Å². The lowest BCUT2D eigenvalue weighted by atomic mass is 9.95. The molecule has 0 N–H and O–H groups in total. The number of alkyl halides is 1. The van der Waals surface area contributed by atoms with E-state index in [-0.39, 0.29) is 11.8 Å². The first-order valence-corrected chi connectivity index (χ1v) is 7.43. The summed E-state index contributed by atoms with van der Waals surface area (Å²) in [6.07, 6.45) is 1.89. The van der Waals surface area contributed by atoms with Crippen LogP contribution in [0.1, 0.15) is 31.0 Å². The average Bonchev–Trinajstić information content (AvgIpc) is 2.78. The Labute approximate surface area is 128 Å². The lowest BCUT2D eigenvalue weighted by molar-refractivity contribution is 0.0821. The van der Waals surface area contributed by atoms with Crippen LogP contribution in [-0.2, 0) is 0 Å². The van der Waals surface area contributed by atoms with Gasteiger partial charge in [-0.15, -0.1) is 18.2 Å². The number of allylic oxidation sites excluding steroid dienone is 1. The van der Waals surface area contributed by atoms with Gasteiger partial charge in [0, 0.05) is 11.8 Å². The van der Waals surface area contributed by atoms with E-state index in [0.717, 1.165) is 16.6 Å². The van der Waals surface area contributed by atoms with Crippen LogP contribution in [0.2, 0.25) is 0 Å². The molecule has 0 saturated carbocycles. The van der Waals surface area contributed by atoms with Crippen molar-refractivity contribution in [2.45, 2.75) is 26.2 Å². The van der Waals surface area contributed by atoms with Gasteiger partial charge in [0.05, 0.1) is 5.52 Å². The molecule has 2 rings (SSSR count). The van der Waals surface area contributed by atoms with Crippen molar-refractivity contribution in [3.63, 3.8) is 0 Å². The molecule has 1 atom stereocenters. The monoisotopic (exact) mass is 307 g/mol. The summed E-state index contributed by atoms with van der Waals surface area (Å²) in [5.74, 6) is -0.710. The Morgan fingerprint density at radius 2 is 2.14 bits per heavy atom. The van der Waals surface area contributed by atoms with Crippen molar-refractivity contribution in [1.29, 1.82) is 0 Å². The van der Waals surface area contributed by atoms with Crippen molar-refractivity contribution in [2.75, 3.05) is 5.88 Å². The van der Waals surface area contributed by atoms with Gasteiger partial charge in [0.2, 0.25) is 5.91 Å². The number of para-hydroxylation sites is 2. The third-order valence-corrected chi connectivity index (χ3v) is 3.60. The number of oxazole rings is 1. The van der Waals surface area contributed by atoms with Crippen molar-refractivity contribution in [1.82, 2.24) is 4.57 Å². The van der Waals surface area contributed by atoms with Crippen LogP contribution in [0.4, 0.5) is 0 Å². The quantitative estimate of drug-likeness (QED) is 0.602. The van der Waals surface area contributed by atoms with E-state index >= 15 is 0 Å². The van der Waals surface area contributed by atoms with E-state index in [4.69, 9.17) is 16.0 Å². The third-order valence-electron chi connectivity index (χ3n) is 3.34. The minimum Gasteiger partial charge on any atom is -0.407 e. The van der Waals surface area contributed by atoms with E-state index in [1.807, 2.05) is 6.92 Å². The Kier molecular flexibility index (Phi) is 5.02. The zero-order chi connectivity index (χ0) is 15.4. The lowest BCUT2D eigenvalue weighted by Gasteiger charge is -2.15. The van der Waals surface area contributed by atoms with Crippen molar-refractivity contribution < 1.29 is 9.21 Å². The maximum Gasteiger partial charge on any atom is 0.426 e. The second kappa shape index (κ2) is 6.76. The Morgan fingerprint density at radius 3 is 2.81 bits per heavy atom. The molecule has 0 spiro atoms. The van der Waals surface area contributed by atoms with Gasteiger partial charge < -0.3 is 4.42 Å². The van der Waals surface area contributed by atoms with Crippen molar-refractivity contribution in [2.24, 2.45) is 5.92 Å². The molecule has 1 aromatic carbocycles. The van der Waals surface area contributed by atoms with Crippen LogP contribution in [-0.4, -0.2) is 16.4 Å². The zero-order valence-corrected chi connectivity index (χ0v) is 12.7. The van der Waals surface area contributed by atoms with Crippen LogP contribution in [0, 0.1) is 5.92 Å². The summed E-state index contributed by atoms with van der Waals surface area (Å²) < 4.78 is 6.24. The van der Waals surface area contributed by atoms with Gasteiger partial charge in [0.15, 0.2) is 5.58 Å². The molecule has 0 amide bonds. The van der Waals surface area contributed by atoms with Gasteiger partial charge in [0.1, 0.15) is 0 Å². The summed E-state index contributed by atoms with van der Waals surface area (Å²) in [5, 5.41) is 0. The van der Waals surface area contributed by atoms with Gasteiger partial charge in [-0.25, -0.2) is 9.36 Å². The fourth-order valence-electron chi connectivity index (χ4n) is 2.41. The maximum atomic E-state index is 12.7. The molecule has 112 valence electrons. The molecule has 0 saturated heterocycles. The van der Waals surface area contributed by atoms with Crippen LogP contribution in [0.25, 0.3) is 11.1 Å². The number of hydrogen-bond acceptors (Lipinski definition) is 3. The highest BCUT2D eigenvalue weighted by Crippen LogP contribution is 2.21. The number of carbonyl (C=O) groups is 1. The minimum absolute atomic E-state index is 0.252. The first-order chi connectivity index (χ1) is 10.0. The predicted octanol–water partition coefficient (Wildman–Crippen LogP) is 3.84. The molecular weight excluding hydrogens is 290 g/mol. The Morgan fingerprint density at radius 1 is 1.43 bits per heavy atom. The molecule has 0 aliphatic heterocycles. The number of hydrogen-bond donors (Lipinski definition) is 0. The van der Waals surface area contributed by atoms with Crippen LogP contribution in [0.5, 0.6) is 0 Å².